The van der Waals surface area contributed by atoms with Crippen molar-refractivity contribution in [1.29, 1.82) is 0 Å². The third-order valence-corrected chi connectivity index (χ3v) is 13.4. The number of aliphatic hydroxyl groups is 8. The number of unbranched alkanes of at least 4 members (excludes halogenated alkanes) is 2. The summed E-state index contributed by atoms with van der Waals surface area (Å²) in [7, 11) is 0. The maximum absolute atomic E-state index is 13.9. The number of aliphatic hydroxyl groups excluding tert-OH is 8. The SMILES string of the molecule is O=C(CCCCCC(=O)N1C[C@@H](CCl)c2c1cc(O[C@@H]1OC(CO)[C@H](O)C(O)C1O)c1ccccc21)N1C[C@@H](CCl)c2c1cc(O[C@@H]1OC(CO)[C@H](O)C(O)C1O)c1ccccc21. The minimum atomic E-state index is -1.63. The number of alkyl halides is 2. The molecule has 340 valence electrons. The molecule has 0 saturated carbocycles. The van der Waals surface area contributed by atoms with Gasteiger partial charge in [0.05, 0.1) is 24.6 Å². The number of ether oxygens (including phenoxy) is 4. The van der Waals surface area contributed by atoms with Crippen molar-refractivity contribution in [3.8, 4) is 11.5 Å². The predicted octanol–water partition coefficient (Wildman–Crippen LogP) is 2.34. The van der Waals surface area contributed by atoms with E-state index >= 15 is 0 Å². The van der Waals surface area contributed by atoms with Crippen LogP contribution in [0.25, 0.3) is 21.5 Å². The van der Waals surface area contributed by atoms with Crippen molar-refractivity contribution < 1.29 is 69.4 Å². The highest BCUT2D eigenvalue weighted by atomic mass is 35.5. The summed E-state index contributed by atoms with van der Waals surface area (Å²) in [4.78, 5) is 31.2. The number of rotatable bonds is 14. The van der Waals surface area contributed by atoms with Crippen LogP contribution in [0.5, 0.6) is 11.5 Å². The second-order valence-corrected chi connectivity index (χ2v) is 17.2. The van der Waals surface area contributed by atoms with Gasteiger partial charge in [-0.2, -0.15) is 0 Å². The summed E-state index contributed by atoms with van der Waals surface area (Å²) in [6.07, 6.45) is -12.9. The maximum Gasteiger partial charge on any atom is 0.229 e. The van der Waals surface area contributed by atoms with Crippen LogP contribution in [0.15, 0.2) is 60.7 Å². The van der Waals surface area contributed by atoms with E-state index in [0.717, 1.165) is 21.9 Å². The van der Waals surface area contributed by atoms with Gasteiger partial charge in [0.25, 0.3) is 0 Å². The first-order valence-electron chi connectivity index (χ1n) is 21.2. The predicted molar refractivity (Wildman–Crippen MR) is 231 cm³/mol. The van der Waals surface area contributed by atoms with E-state index in [1.807, 2.05) is 48.5 Å². The Morgan fingerprint density at radius 3 is 1.32 bits per heavy atom. The Kier molecular flexibility index (Phi) is 14.0. The van der Waals surface area contributed by atoms with Gasteiger partial charge in [-0.3, -0.25) is 9.59 Å². The largest absolute Gasteiger partial charge is 0.461 e. The summed E-state index contributed by atoms with van der Waals surface area (Å²) in [6, 6.07) is 18.1. The van der Waals surface area contributed by atoms with Gasteiger partial charge in [-0.25, -0.2) is 0 Å². The number of benzene rings is 4. The topological polar surface area (TPSA) is 239 Å². The average Bonchev–Trinajstić information content (AvgIpc) is 3.88. The number of carbonyl (C=O) groups excluding carboxylic acids is 2. The average molecular weight is 916 g/mol. The molecule has 8 rings (SSSR count). The third kappa shape index (κ3) is 8.57. The standard InChI is InChI=1S/C45H52Cl2N2O14/c46-16-22-18-48(28-14-30(24-8-4-6-10-26(24)36(22)28)60-44-42(58)40(56)38(54)32(20-50)62-44)34(52)12-2-1-3-13-35(53)49-19-23(17-47)37-27-11-7-5-9-25(27)31(15-29(37)49)61-45-43(59)41(57)39(55)33(21-51)63-45/h4-11,14-15,22-23,32-33,38-45,50-51,54-59H,1-3,12-13,16-21H2/t22-,23-,32?,33?,38+,39+,40?,41?,42?,43?,44-,45-/m1/s1. The summed E-state index contributed by atoms with van der Waals surface area (Å²) in [6.45, 7) is -0.572. The zero-order valence-electron chi connectivity index (χ0n) is 34.2. The van der Waals surface area contributed by atoms with Crippen LogP contribution in [-0.4, -0.2) is 152 Å². The summed E-state index contributed by atoms with van der Waals surface area (Å²) >= 11 is 13.0. The van der Waals surface area contributed by atoms with Crippen molar-refractivity contribution in [3.63, 3.8) is 0 Å². The van der Waals surface area contributed by atoms with Crippen molar-refractivity contribution in [2.75, 3.05) is 47.9 Å². The summed E-state index contributed by atoms with van der Waals surface area (Å²) in [5.41, 5.74) is 2.92. The number of hydrogen-bond donors (Lipinski definition) is 8. The van der Waals surface area contributed by atoms with Gasteiger partial charge in [-0.05, 0) is 34.7 Å². The first kappa shape index (κ1) is 45.7. The van der Waals surface area contributed by atoms with Gasteiger partial charge >= 0.3 is 0 Å². The number of nitrogens with zero attached hydrogens (tertiary/aromatic N) is 2. The Morgan fingerprint density at radius 2 is 0.952 bits per heavy atom. The van der Waals surface area contributed by atoms with E-state index in [4.69, 9.17) is 42.1 Å². The Morgan fingerprint density at radius 1 is 0.571 bits per heavy atom. The van der Waals surface area contributed by atoms with Gasteiger partial charge in [0.15, 0.2) is 0 Å². The smallest absolute Gasteiger partial charge is 0.229 e. The molecule has 12 atom stereocenters. The van der Waals surface area contributed by atoms with E-state index in [1.165, 1.54) is 0 Å². The highest BCUT2D eigenvalue weighted by Gasteiger charge is 2.47. The van der Waals surface area contributed by atoms with E-state index < -0.39 is 74.6 Å². The van der Waals surface area contributed by atoms with Gasteiger partial charge in [0, 0.05) is 72.4 Å². The molecule has 0 spiro atoms. The minimum absolute atomic E-state index is 0.151. The number of halogens is 2. The fourth-order valence-corrected chi connectivity index (χ4v) is 9.83. The van der Waals surface area contributed by atoms with E-state index in [0.29, 0.717) is 54.5 Å². The maximum atomic E-state index is 13.9. The van der Waals surface area contributed by atoms with Crippen LogP contribution >= 0.6 is 23.2 Å². The zero-order valence-corrected chi connectivity index (χ0v) is 35.7. The minimum Gasteiger partial charge on any atom is -0.461 e. The summed E-state index contributed by atoms with van der Waals surface area (Å²) in [5, 5.41) is 85.1. The molecule has 8 N–H and O–H groups in total. The van der Waals surface area contributed by atoms with Crippen LogP contribution in [0, 0.1) is 0 Å². The lowest BCUT2D eigenvalue weighted by Gasteiger charge is -2.39. The number of carbonyl (C=O) groups is 2. The van der Waals surface area contributed by atoms with Crippen LogP contribution in [0.1, 0.15) is 55.1 Å². The summed E-state index contributed by atoms with van der Waals surface area (Å²) < 4.78 is 23.5. The lowest BCUT2D eigenvalue weighted by atomic mass is 9.95. The quantitative estimate of drug-likeness (QED) is 0.0670. The molecule has 4 aliphatic heterocycles. The molecular formula is C45H52Cl2N2O14. The van der Waals surface area contributed by atoms with Crippen molar-refractivity contribution in [1.82, 2.24) is 0 Å². The Hall–Kier alpha value is -3.88. The normalized spacial score (nSPS) is 30.4. The van der Waals surface area contributed by atoms with E-state index in [2.05, 4.69) is 0 Å². The molecule has 4 aromatic rings. The van der Waals surface area contributed by atoms with Crippen molar-refractivity contribution in [2.45, 2.75) is 105 Å². The van der Waals surface area contributed by atoms with Crippen LogP contribution in [-0.2, 0) is 19.1 Å². The molecule has 0 bridgehead atoms. The van der Waals surface area contributed by atoms with Crippen molar-refractivity contribution in [2.24, 2.45) is 0 Å². The number of hydrogen-bond acceptors (Lipinski definition) is 14. The molecule has 4 heterocycles. The van der Waals surface area contributed by atoms with Gasteiger partial charge < -0.3 is 69.6 Å². The van der Waals surface area contributed by atoms with Gasteiger partial charge in [0.2, 0.25) is 24.4 Å². The molecule has 18 heteroatoms. The molecule has 2 fully saturated rings. The molecule has 2 saturated heterocycles. The molecule has 16 nitrogen and oxygen atoms in total. The molecule has 2 amide bonds. The number of anilines is 2. The first-order chi connectivity index (χ1) is 30.4. The first-order valence-corrected chi connectivity index (χ1v) is 22.3. The van der Waals surface area contributed by atoms with Gasteiger partial charge in [0.1, 0.15) is 60.3 Å². The Labute approximate surface area is 372 Å². The van der Waals surface area contributed by atoms with Crippen LogP contribution in [0.3, 0.4) is 0 Å². The second-order valence-electron chi connectivity index (χ2n) is 16.6. The lowest BCUT2D eigenvalue weighted by Crippen LogP contribution is -2.60. The van der Waals surface area contributed by atoms with Gasteiger partial charge in [-0.1, -0.05) is 55.0 Å². The molecular weight excluding hydrogens is 863 g/mol. The summed E-state index contributed by atoms with van der Waals surface area (Å²) in [5.74, 6) is 0.350. The molecule has 0 aromatic heterocycles. The van der Waals surface area contributed by atoms with E-state index in [1.54, 1.807) is 21.9 Å². The molecule has 0 aliphatic carbocycles. The number of amides is 2. The fraction of sp³-hybridized carbons (Fsp3) is 0.511. The highest BCUT2D eigenvalue weighted by Crippen LogP contribution is 2.48. The second kappa shape index (κ2) is 19.3. The van der Waals surface area contributed by atoms with Crippen molar-refractivity contribution >= 4 is 67.9 Å². The fourth-order valence-electron chi connectivity index (χ4n) is 9.32. The lowest BCUT2D eigenvalue weighted by molar-refractivity contribution is -0.277. The van der Waals surface area contributed by atoms with E-state index in [9.17, 15) is 50.4 Å². The Bertz CT molecular complexity index is 2140. The highest BCUT2D eigenvalue weighted by molar-refractivity contribution is 6.19. The molecule has 63 heavy (non-hydrogen) atoms. The zero-order chi connectivity index (χ0) is 44.7. The van der Waals surface area contributed by atoms with Crippen LogP contribution in [0.4, 0.5) is 11.4 Å². The monoisotopic (exact) mass is 914 g/mol. The number of fused-ring (bicyclic) bond motifs is 6. The Balaban J connectivity index is 0.942. The van der Waals surface area contributed by atoms with Crippen LogP contribution in [0.2, 0.25) is 0 Å². The van der Waals surface area contributed by atoms with Crippen molar-refractivity contribution in [3.05, 3.63) is 71.8 Å². The third-order valence-electron chi connectivity index (χ3n) is 12.7. The molecule has 4 aromatic carbocycles. The van der Waals surface area contributed by atoms with Gasteiger partial charge in [-0.15, -0.1) is 23.2 Å². The molecule has 6 unspecified atom stereocenters. The molecule has 0 radical (unpaired) electrons. The molecule has 4 aliphatic rings. The van der Waals surface area contributed by atoms with E-state index in [-0.39, 0.29) is 59.8 Å². The van der Waals surface area contributed by atoms with Crippen LogP contribution < -0.4 is 19.3 Å².